The van der Waals surface area contributed by atoms with Crippen LogP contribution in [0, 0.1) is 0 Å². The largest absolute Gasteiger partial charge is 0.335 e. The molecule has 1 aromatic heterocycles. The molecule has 1 aromatic rings. The summed E-state index contributed by atoms with van der Waals surface area (Å²) < 4.78 is 0. The number of hydrogen-bond donors (Lipinski definition) is 1. The van der Waals surface area contributed by atoms with Gasteiger partial charge in [0, 0.05) is 32.2 Å². The summed E-state index contributed by atoms with van der Waals surface area (Å²) in [7, 11) is 0. The molecule has 0 unspecified atom stereocenters. The zero-order chi connectivity index (χ0) is 12.4. The number of nitrogens with zero attached hydrogens (tertiary/aromatic N) is 4. The van der Waals surface area contributed by atoms with E-state index in [0.717, 1.165) is 32.2 Å². The summed E-state index contributed by atoms with van der Waals surface area (Å²) in [6.45, 7) is 3.60. The molecule has 0 aromatic carbocycles. The molecule has 1 amide bonds. The Balaban J connectivity index is 1.55. The summed E-state index contributed by atoms with van der Waals surface area (Å²) in [5.74, 6) is -0.00479. The molecule has 1 saturated carbocycles. The van der Waals surface area contributed by atoms with Crippen molar-refractivity contribution in [3.63, 3.8) is 0 Å². The van der Waals surface area contributed by atoms with E-state index < -0.39 is 0 Å². The van der Waals surface area contributed by atoms with Crippen molar-refractivity contribution in [2.45, 2.75) is 31.7 Å². The Labute approximate surface area is 106 Å². The predicted octanol–water partition coefficient (Wildman–Crippen LogP) is 0.505. The Kier molecular flexibility index (Phi) is 3.27. The lowest BCUT2D eigenvalue weighted by molar-refractivity contribution is 0.0568. The van der Waals surface area contributed by atoms with Crippen molar-refractivity contribution < 1.29 is 4.79 Å². The van der Waals surface area contributed by atoms with E-state index in [9.17, 15) is 4.79 Å². The highest BCUT2D eigenvalue weighted by Gasteiger charge is 2.28. The highest BCUT2D eigenvalue weighted by Crippen LogP contribution is 2.24. The van der Waals surface area contributed by atoms with Gasteiger partial charge in [0.2, 0.25) is 0 Å². The highest BCUT2D eigenvalue weighted by molar-refractivity contribution is 5.91. The second-order valence-corrected chi connectivity index (χ2v) is 5.12. The van der Waals surface area contributed by atoms with Crippen LogP contribution in [0.2, 0.25) is 0 Å². The van der Waals surface area contributed by atoms with E-state index in [4.69, 9.17) is 0 Å². The van der Waals surface area contributed by atoms with Crippen molar-refractivity contribution in [1.82, 2.24) is 25.2 Å². The molecule has 18 heavy (non-hydrogen) atoms. The van der Waals surface area contributed by atoms with E-state index in [1.165, 1.54) is 31.9 Å². The number of H-pyrrole nitrogens is 1. The number of carbonyl (C=O) groups is 1. The van der Waals surface area contributed by atoms with Gasteiger partial charge in [-0.15, -0.1) is 0 Å². The maximum Gasteiger partial charge on any atom is 0.276 e. The molecule has 98 valence electrons. The minimum Gasteiger partial charge on any atom is -0.335 e. The average molecular weight is 249 g/mol. The maximum absolute atomic E-state index is 12.1. The van der Waals surface area contributed by atoms with Gasteiger partial charge in [0.25, 0.3) is 5.91 Å². The summed E-state index contributed by atoms with van der Waals surface area (Å²) in [6.07, 6.45) is 6.88. The van der Waals surface area contributed by atoms with Crippen LogP contribution in [-0.2, 0) is 0 Å². The lowest BCUT2D eigenvalue weighted by Gasteiger charge is -2.37. The monoisotopic (exact) mass is 249 g/mol. The molecule has 6 heteroatoms. The van der Waals surface area contributed by atoms with Gasteiger partial charge in [-0.1, -0.05) is 12.8 Å². The molecule has 1 aliphatic carbocycles. The molecule has 2 fully saturated rings. The zero-order valence-corrected chi connectivity index (χ0v) is 10.5. The summed E-state index contributed by atoms with van der Waals surface area (Å²) in [4.78, 5) is 16.5. The number of amides is 1. The van der Waals surface area contributed by atoms with E-state index >= 15 is 0 Å². The Bertz CT molecular complexity index is 391. The first kappa shape index (κ1) is 11.6. The number of nitrogens with one attached hydrogen (secondary N) is 1. The topological polar surface area (TPSA) is 65.1 Å². The first-order chi connectivity index (χ1) is 8.84. The molecule has 1 aliphatic heterocycles. The molecule has 2 heterocycles. The Morgan fingerprint density at radius 3 is 2.56 bits per heavy atom. The molecular formula is C12H19N5O. The zero-order valence-electron chi connectivity index (χ0n) is 10.5. The van der Waals surface area contributed by atoms with Gasteiger partial charge < -0.3 is 4.90 Å². The van der Waals surface area contributed by atoms with Crippen LogP contribution < -0.4 is 0 Å². The molecule has 2 aliphatic rings. The number of piperazine rings is 1. The lowest BCUT2D eigenvalue weighted by atomic mass is 10.2. The summed E-state index contributed by atoms with van der Waals surface area (Å²) in [6, 6.07) is 0.759. The third-order valence-corrected chi connectivity index (χ3v) is 4.08. The predicted molar refractivity (Wildman–Crippen MR) is 66.1 cm³/mol. The molecule has 3 rings (SSSR count). The van der Waals surface area contributed by atoms with Crippen molar-refractivity contribution in [1.29, 1.82) is 0 Å². The van der Waals surface area contributed by atoms with E-state index in [0.29, 0.717) is 5.69 Å². The van der Waals surface area contributed by atoms with Crippen LogP contribution in [0.25, 0.3) is 0 Å². The Morgan fingerprint density at radius 2 is 1.94 bits per heavy atom. The van der Waals surface area contributed by atoms with Crippen LogP contribution in [0.15, 0.2) is 6.20 Å². The van der Waals surface area contributed by atoms with Gasteiger partial charge in [0.05, 0.1) is 6.20 Å². The second-order valence-electron chi connectivity index (χ2n) is 5.12. The van der Waals surface area contributed by atoms with Gasteiger partial charge in [-0.25, -0.2) is 0 Å². The van der Waals surface area contributed by atoms with Gasteiger partial charge in [0.1, 0.15) is 0 Å². The van der Waals surface area contributed by atoms with Gasteiger partial charge in [0.15, 0.2) is 5.69 Å². The number of aromatic nitrogens is 3. The van der Waals surface area contributed by atoms with Crippen molar-refractivity contribution >= 4 is 5.91 Å². The van der Waals surface area contributed by atoms with Crippen molar-refractivity contribution in [3.05, 3.63) is 11.9 Å². The van der Waals surface area contributed by atoms with Crippen LogP contribution in [0.4, 0.5) is 0 Å². The molecule has 0 atom stereocenters. The minimum atomic E-state index is -0.00479. The van der Waals surface area contributed by atoms with E-state index in [1.54, 1.807) is 0 Å². The lowest BCUT2D eigenvalue weighted by Crippen LogP contribution is -2.51. The normalized spacial score (nSPS) is 22.6. The number of carbonyl (C=O) groups excluding carboxylic acids is 1. The van der Waals surface area contributed by atoms with Gasteiger partial charge in [-0.2, -0.15) is 15.4 Å². The molecule has 1 saturated heterocycles. The molecule has 0 spiro atoms. The minimum absolute atomic E-state index is 0.00479. The van der Waals surface area contributed by atoms with Gasteiger partial charge >= 0.3 is 0 Å². The molecule has 6 nitrogen and oxygen atoms in total. The highest BCUT2D eigenvalue weighted by atomic mass is 16.2. The molecule has 0 radical (unpaired) electrons. The van der Waals surface area contributed by atoms with E-state index in [2.05, 4.69) is 20.3 Å². The van der Waals surface area contributed by atoms with E-state index in [1.807, 2.05) is 4.90 Å². The van der Waals surface area contributed by atoms with Crippen LogP contribution in [0.5, 0.6) is 0 Å². The Hall–Kier alpha value is -1.43. The fourth-order valence-electron chi connectivity index (χ4n) is 3.03. The third-order valence-electron chi connectivity index (χ3n) is 4.08. The standard InChI is InChI=1S/C12H19N5O/c18-12(11-9-13-15-14-11)17-7-5-16(6-8-17)10-3-1-2-4-10/h9-10H,1-8H2,(H,13,14,15). The fourth-order valence-corrected chi connectivity index (χ4v) is 3.03. The number of rotatable bonds is 2. The van der Waals surface area contributed by atoms with Crippen LogP contribution in [-0.4, -0.2) is 63.3 Å². The average Bonchev–Trinajstić information content (AvgIpc) is 3.11. The first-order valence-corrected chi connectivity index (χ1v) is 6.74. The number of hydrogen-bond acceptors (Lipinski definition) is 4. The quantitative estimate of drug-likeness (QED) is 0.829. The summed E-state index contributed by atoms with van der Waals surface area (Å²) >= 11 is 0. The smallest absolute Gasteiger partial charge is 0.276 e. The maximum atomic E-state index is 12.1. The number of aromatic amines is 1. The van der Waals surface area contributed by atoms with Crippen molar-refractivity contribution in [3.8, 4) is 0 Å². The van der Waals surface area contributed by atoms with Gasteiger partial charge in [-0.05, 0) is 12.8 Å². The molecule has 1 N–H and O–H groups in total. The summed E-state index contributed by atoms with van der Waals surface area (Å²) in [5, 5.41) is 10.0. The van der Waals surface area contributed by atoms with Gasteiger partial charge in [-0.3, -0.25) is 9.69 Å². The SMILES string of the molecule is O=C(c1cn[nH]n1)N1CCN(C2CCCC2)CC1. The van der Waals surface area contributed by atoms with E-state index in [-0.39, 0.29) is 5.91 Å². The fraction of sp³-hybridized carbons (Fsp3) is 0.750. The first-order valence-electron chi connectivity index (χ1n) is 6.74. The Morgan fingerprint density at radius 1 is 1.22 bits per heavy atom. The molecule has 0 bridgehead atoms. The van der Waals surface area contributed by atoms with Crippen LogP contribution in [0.3, 0.4) is 0 Å². The second kappa shape index (κ2) is 5.06. The van der Waals surface area contributed by atoms with Crippen molar-refractivity contribution in [2.24, 2.45) is 0 Å². The third kappa shape index (κ3) is 2.25. The van der Waals surface area contributed by atoms with Crippen LogP contribution in [0.1, 0.15) is 36.2 Å². The summed E-state index contributed by atoms with van der Waals surface area (Å²) in [5.41, 5.74) is 0.421. The van der Waals surface area contributed by atoms with Crippen molar-refractivity contribution in [2.75, 3.05) is 26.2 Å². The van der Waals surface area contributed by atoms with Crippen LogP contribution >= 0.6 is 0 Å². The molecular weight excluding hydrogens is 230 g/mol.